The summed E-state index contributed by atoms with van der Waals surface area (Å²) in [4.78, 5) is 23.0. The topological polar surface area (TPSA) is 106 Å². The fourth-order valence-corrected chi connectivity index (χ4v) is 5.02. The maximum Gasteiger partial charge on any atom is 0.269 e. The number of nitro benzene ring substituents is 1. The molecular weight excluding hydrogens is 484 g/mol. The zero-order valence-electron chi connectivity index (χ0n) is 16.4. The van der Waals surface area contributed by atoms with Gasteiger partial charge in [0.1, 0.15) is 6.04 Å². The van der Waals surface area contributed by atoms with Gasteiger partial charge >= 0.3 is 0 Å². The minimum absolute atomic E-state index is 0.0346. The molecule has 0 radical (unpaired) electrons. The summed E-state index contributed by atoms with van der Waals surface area (Å²) in [6.07, 6.45) is 0. The maximum absolute atomic E-state index is 13.3. The number of rotatable bonds is 8. The molecule has 0 aliphatic heterocycles. The number of nitro groups is 1. The smallest absolute Gasteiger partial charge is 0.269 e. The van der Waals surface area contributed by atoms with Crippen LogP contribution in [0.1, 0.15) is 26.3 Å². The Labute approximate surface area is 188 Å². The molecule has 7 nitrogen and oxygen atoms in total. The normalized spacial score (nSPS) is 13.4. The largest absolute Gasteiger partial charge is 0.292 e. The molecule has 0 aromatic heterocycles. The van der Waals surface area contributed by atoms with E-state index in [9.17, 15) is 23.3 Å². The van der Waals surface area contributed by atoms with Gasteiger partial charge in [-0.1, -0.05) is 64.0 Å². The van der Waals surface area contributed by atoms with Crippen molar-refractivity contribution < 1.29 is 18.1 Å². The lowest BCUT2D eigenvalue weighted by atomic mass is 9.98. The van der Waals surface area contributed by atoms with Crippen molar-refractivity contribution >= 4 is 37.4 Å². The molecule has 0 amide bonds. The number of Topliss-reactive ketones (excluding diaryl/α,β-unsaturated/α-hetero) is 1. The summed E-state index contributed by atoms with van der Waals surface area (Å²) >= 11 is 3.47. The molecule has 0 heterocycles. The second-order valence-corrected chi connectivity index (χ2v) is 9.59. The molecule has 9 heteroatoms. The second-order valence-electron chi connectivity index (χ2n) is 6.89. The number of nitrogens with one attached hydrogen (secondary N) is 1. The molecular formula is C22H19BrN2O5S. The highest BCUT2D eigenvalue weighted by atomic mass is 79.9. The number of ketones is 1. The molecule has 31 heavy (non-hydrogen) atoms. The lowest BCUT2D eigenvalue weighted by Crippen LogP contribution is -2.43. The Hall–Kier alpha value is -2.88. The van der Waals surface area contributed by atoms with Crippen LogP contribution < -0.4 is 4.72 Å². The van der Waals surface area contributed by atoms with Gasteiger partial charge in [-0.3, -0.25) is 14.9 Å². The third-order valence-corrected chi connectivity index (χ3v) is 7.18. The van der Waals surface area contributed by atoms with Crippen LogP contribution in [0.2, 0.25) is 0 Å². The Balaban J connectivity index is 1.99. The quantitative estimate of drug-likeness (QED) is 0.210. The first-order valence-corrected chi connectivity index (χ1v) is 11.7. The van der Waals surface area contributed by atoms with Gasteiger partial charge < -0.3 is 0 Å². The first-order chi connectivity index (χ1) is 14.7. The van der Waals surface area contributed by atoms with E-state index in [0.717, 1.165) is 5.56 Å². The summed E-state index contributed by atoms with van der Waals surface area (Å²) in [5.41, 5.74) is 1.60. The highest BCUT2D eigenvalue weighted by Gasteiger charge is 2.33. The van der Waals surface area contributed by atoms with Crippen molar-refractivity contribution in [2.24, 2.45) is 0 Å². The van der Waals surface area contributed by atoms with Crippen LogP contribution in [0.5, 0.6) is 0 Å². The van der Waals surface area contributed by atoms with Gasteiger partial charge in [0.05, 0.1) is 14.6 Å². The van der Waals surface area contributed by atoms with E-state index in [1.165, 1.54) is 36.4 Å². The van der Waals surface area contributed by atoms with E-state index >= 15 is 0 Å². The Bertz CT molecular complexity index is 1180. The van der Waals surface area contributed by atoms with Gasteiger partial charge in [0, 0.05) is 17.7 Å². The first kappa shape index (κ1) is 22.8. The summed E-state index contributed by atoms with van der Waals surface area (Å²) in [5, 5.41) is 10.9. The zero-order valence-corrected chi connectivity index (χ0v) is 18.8. The summed E-state index contributed by atoms with van der Waals surface area (Å²) in [7, 11) is -4.01. The predicted molar refractivity (Wildman–Crippen MR) is 121 cm³/mol. The Kier molecular flexibility index (Phi) is 6.99. The minimum atomic E-state index is -4.01. The van der Waals surface area contributed by atoms with Gasteiger partial charge in [0.15, 0.2) is 5.78 Å². The van der Waals surface area contributed by atoms with Gasteiger partial charge in [-0.05, 0) is 36.8 Å². The molecule has 0 aliphatic rings. The highest BCUT2D eigenvalue weighted by molar-refractivity contribution is 9.09. The molecule has 0 aliphatic carbocycles. The van der Waals surface area contributed by atoms with E-state index < -0.39 is 31.6 Å². The monoisotopic (exact) mass is 502 g/mol. The first-order valence-electron chi connectivity index (χ1n) is 9.26. The average molecular weight is 503 g/mol. The molecule has 0 unspecified atom stereocenters. The van der Waals surface area contributed by atoms with E-state index in [0.29, 0.717) is 5.56 Å². The number of benzene rings is 3. The van der Waals surface area contributed by atoms with Crippen molar-refractivity contribution in [2.75, 3.05) is 0 Å². The summed E-state index contributed by atoms with van der Waals surface area (Å²) in [5.74, 6) is -0.517. The third kappa shape index (κ3) is 5.43. The molecule has 0 fully saturated rings. The molecule has 0 spiro atoms. The number of carbonyl (C=O) groups is 1. The van der Waals surface area contributed by atoms with Crippen LogP contribution in [-0.4, -0.2) is 25.2 Å². The lowest BCUT2D eigenvalue weighted by Gasteiger charge is -2.23. The van der Waals surface area contributed by atoms with Crippen LogP contribution in [-0.2, 0) is 10.0 Å². The van der Waals surface area contributed by atoms with Crippen LogP contribution in [0.15, 0.2) is 83.8 Å². The number of carbonyl (C=O) groups excluding carboxylic acids is 1. The average Bonchev–Trinajstić information content (AvgIpc) is 2.77. The Morgan fingerprint density at radius 3 is 2.10 bits per heavy atom. The van der Waals surface area contributed by atoms with Gasteiger partial charge in [-0.15, -0.1) is 0 Å². The van der Waals surface area contributed by atoms with Crippen molar-refractivity contribution in [2.45, 2.75) is 22.7 Å². The van der Waals surface area contributed by atoms with Gasteiger partial charge in [-0.25, -0.2) is 8.42 Å². The fourth-order valence-electron chi connectivity index (χ4n) is 2.96. The van der Waals surface area contributed by atoms with Crippen molar-refractivity contribution in [3.63, 3.8) is 0 Å². The Morgan fingerprint density at radius 2 is 1.55 bits per heavy atom. The number of hydrogen-bond acceptors (Lipinski definition) is 5. The number of alkyl halides is 1. The Morgan fingerprint density at radius 1 is 0.968 bits per heavy atom. The second kappa shape index (κ2) is 9.51. The molecule has 160 valence electrons. The molecule has 0 saturated carbocycles. The maximum atomic E-state index is 13.3. The summed E-state index contributed by atoms with van der Waals surface area (Å²) < 4.78 is 28.5. The third-order valence-electron chi connectivity index (χ3n) is 4.67. The SMILES string of the molecule is Cc1ccc(S(=O)(=O)N[C@H](C(=O)c2ccc([N+](=O)[O-])cc2)[C@@H](Br)c2ccccc2)cc1. The van der Waals surface area contributed by atoms with E-state index in [1.54, 1.807) is 36.4 Å². The molecule has 0 saturated heterocycles. The number of aryl methyl sites for hydroxylation is 1. The minimum Gasteiger partial charge on any atom is -0.292 e. The van der Waals surface area contributed by atoms with Crippen molar-refractivity contribution in [3.05, 3.63) is 106 Å². The summed E-state index contributed by atoms with van der Waals surface area (Å²) in [6, 6.07) is 19.1. The van der Waals surface area contributed by atoms with Crippen molar-refractivity contribution in [3.8, 4) is 0 Å². The number of nitrogens with zero attached hydrogens (tertiary/aromatic N) is 1. The van der Waals surface area contributed by atoms with E-state index in [2.05, 4.69) is 20.7 Å². The molecule has 0 bridgehead atoms. The van der Waals surface area contributed by atoms with Crippen LogP contribution in [0, 0.1) is 17.0 Å². The van der Waals surface area contributed by atoms with Crippen molar-refractivity contribution in [1.29, 1.82) is 0 Å². The number of non-ortho nitro benzene ring substituents is 1. The molecule has 1 N–H and O–H groups in total. The van der Waals surface area contributed by atoms with Gasteiger partial charge in [-0.2, -0.15) is 4.72 Å². The van der Waals surface area contributed by atoms with E-state index in [-0.39, 0.29) is 16.1 Å². The van der Waals surface area contributed by atoms with Crippen LogP contribution in [0.4, 0.5) is 5.69 Å². The van der Waals surface area contributed by atoms with Crippen LogP contribution >= 0.6 is 15.9 Å². The van der Waals surface area contributed by atoms with Crippen molar-refractivity contribution in [1.82, 2.24) is 4.72 Å². The van der Waals surface area contributed by atoms with Crippen LogP contribution in [0.25, 0.3) is 0 Å². The number of halogens is 1. The van der Waals surface area contributed by atoms with E-state index in [4.69, 9.17) is 0 Å². The number of sulfonamides is 1. The molecule has 2 atom stereocenters. The van der Waals surface area contributed by atoms with Gasteiger partial charge in [0.25, 0.3) is 5.69 Å². The molecule has 3 aromatic carbocycles. The highest BCUT2D eigenvalue weighted by Crippen LogP contribution is 2.30. The van der Waals surface area contributed by atoms with E-state index in [1.807, 2.05) is 13.0 Å². The summed E-state index contributed by atoms with van der Waals surface area (Å²) in [6.45, 7) is 1.84. The predicted octanol–water partition coefficient (Wildman–Crippen LogP) is 4.57. The lowest BCUT2D eigenvalue weighted by molar-refractivity contribution is -0.384. The molecule has 3 rings (SSSR count). The standard InChI is InChI=1S/C22H19BrN2O5S/c1-15-7-13-19(14-8-15)31(29,30)24-21(20(23)16-5-3-2-4-6-16)22(26)17-9-11-18(12-10-17)25(27)28/h2-14,20-21,24H,1H3/t20-,21-/m0/s1. The fraction of sp³-hybridized carbons (Fsp3) is 0.136. The van der Waals surface area contributed by atoms with Gasteiger partial charge in [0.2, 0.25) is 10.0 Å². The zero-order chi connectivity index (χ0) is 22.6. The molecule has 3 aromatic rings. The van der Waals surface area contributed by atoms with Crippen LogP contribution in [0.3, 0.4) is 0 Å². The number of hydrogen-bond donors (Lipinski definition) is 1.